The first-order valence-electron chi connectivity index (χ1n) is 7.47. The van der Waals surface area contributed by atoms with Crippen molar-refractivity contribution in [2.75, 3.05) is 5.73 Å². The van der Waals surface area contributed by atoms with Crippen molar-refractivity contribution in [3.8, 4) is 10.6 Å². The Morgan fingerprint density at radius 1 is 1.27 bits per heavy atom. The number of carbonyl (C=O) groups is 1. The molecule has 3 N–H and O–H groups in total. The van der Waals surface area contributed by atoms with Gasteiger partial charge >= 0.3 is 0 Å². The predicted octanol–water partition coefficient (Wildman–Crippen LogP) is 1.76. The second-order valence-electron chi connectivity index (χ2n) is 5.43. The van der Waals surface area contributed by atoms with E-state index in [2.05, 4.69) is 15.1 Å². The minimum atomic E-state index is -0.519. The zero-order chi connectivity index (χ0) is 18.3. The number of fused-ring (bicyclic) bond motifs is 1. The van der Waals surface area contributed by atoms with Gasteiger partial charge in [-0.2, -0.15) is 14.6 Å². The molecule has 9 heteroatoms. The number of aromatic nitrogens is 4. The Labute approximate surface area is 150 Å². The lowest BCUT2D eigenvalue weighted by atomic mass is 10.1. The number of nitrogen functional groups attached to an aromatic ring is 1. The molecule has 4 rings (SSSR count). The Morgan fingerprint density at radius 3 is 2.85 bits per heavy atom. The monoisotopic (exact) mass is 365 g/mol. The average Bonchev–Trinajstić information content (AvgIpc) is 3.06. The van der Waals surface area contributed by atoms with Gasteiger partial charge in [0.1, 0.15) is 10.8 Å². The summed E-state index contributed by atoms with van der Waals surface area (Å²) >= 11 is 1.22. The Morgan fingerprint density at radius 2 is 2.12 bits per heavy atom. The molecule has 0 atom stereocenters. The number of aliphatic hydroxyl groups excluding tert-OH is 1. The normalized spacial score (nSPS) is 15.6. The minimum absolute atomic E-state index is 0.122. The molecule has 0 saturated carbocycles. The van der Waals surface area contributed by atoms with Crippen LogP contribution in [0.5, 0.6) is 0 Å². The van der Waals surface area contributed by atoms with Crippen LogP contribution >= 0.6 is 11.3 Å². The van der Waals surface area contributed by atoms with E-state index < -0.39 is 17.1 Å². The van der Waals surface area contributed by atoms with E-state index in [1.54, 1.807) is 18.5 Å². The highest BCUT2D eigenvalue weighted by molar-refractivity contribution is 7.19. The van der Waals surface area contributed by atoms with E-state index in [0.29, 0.717) is 15.5 Å². The van der Waals surface area contributed by atoms with Gasteiger partial charge in [-0.05, 0) is 35.9 Å². The Kier molecular flexibility index (Phi) is 3.70. The van der Waals surface area contributed by atoms with E-state index in [1.165, 1.54) is 40.2 Å². The number of ketones is 1. The Bertz CT molecular complexity index is 1190. The van der Waals surface area contributed by atoms with Crippen molar-refractivity contribution in [1.82, 2.24) is 19.6 Å². The van der Waals surface area contributed by atoms with Gasteiger partial charge in [-0.3, -0.25) is 14.6 Å². The summed E-state index contributed by atoms with van der Waals surface area (Å²) in [7, 11) is 0. The first-order valence-corrected chi connectivity index (χ1v) is 8.29. The van der Waals surface area contributed by atoms with Gasteiger partial charge in [0.05, 0.1) is 5.56 Å². The number of hydrogen-bond donors (Lipinski definition) is 2. The van der Waals surface area contributed by atoms with Gasteiger partial charge in [0, 0.05) is 18.0 Å². The van der Waals surface area contributed by atoms with Crippen LogP contribution in [0, 0.1) is 0 Å². The lowest BCUT2D eigenvalue weighted by molar-refractivity contribution is -0.113. The summed E-state index contributed by atoms with van der Waals surface area (Å²) in [6, 6.07) is 3.63. The van der Waals surface area contributed by atoms with E-state index in [-0.39, 0.29) is 11.4 Å². The van der Waals surface area contributed by atoms with Crippen molar-refractivity contribution in [3.63, 3.8) is 0 Å². The third-order valence-corrected chi connectivity index (χ3v) is 4.65. The molecule has 8 nitrogen and oxygen atoms in total. The van der Waals surface area contributed by atoms with Crippen LogP contribution in [0.2, 0.25) is 0 Å². The maximum atomic E-state index is 12.4. The van der Waals surface area contributed by atoms with Crippen LogP contribution in [0.1, 0.15) is 5.56 Å². The van der Waals surface area contributed by atoms with Crippen molar-refractivity contribution < 1.29 is 9.90 Å². The molecule has 0 unspecified atom stereocenters. The molecule has 26 heavy (non-hydrogen) atoms. The summed E-state index contributed by atoms with van der Waals surface area (Å²) in [6.07, 6.45) is 8.73. The quantitative estimate of drug-likeness (QED) is 0.709. The maximum Gasteiger partial charge on any atom is 0.283 e. The largest absolute Gasteiger partial charge is 0.504 e. The van der Waals surface area contributed by atoms with Gasteiger partial charge in [0.15, 0.2) is 5.76 Å². The van der Waals surface area contributed by atoms with Crippen LogP contribution < -0.4 is 11.3 Å². The van der Waals surface area contributed by atoms with E-state index in [0.717, 1.165) is 5.56 Å². The van der Waals surface area contributed by atoms with Gasteiger partial charge in [-0.1, -0.05) is 17.4 Å². The molecular weight excluding hydrogens is 354 g/mol. The minimum Gasteiger partial charge on any atom is -0.504 e. The van der Waals surface area contributed by atoms with Crippen molar-refractivity contribution >= 4 is 34.0 Å². The molecule has 0 saturated heterocycles. The highest BCUT2D eigenvalue weighted by Crippen LogP contribution is 2.26. The van der Waals surface area contributed by atoms with E-state index in [4.69, 9.17) is 5.73 Å². The van der Waals surface area contributed by atoms with Gasteiger partial charge in [-0.15, -0.1) is 0 Å². The van der Waals surface area contributed by atoms with Gasteiger partial charge in [0.25, 0.3) is 5.56 Å². The highest BCUT2D eigenvalue weighted by Gasteiger charge is 2.16. The molecule has 1 aliphatic carbocycles. The summed E-state index contributed by atoms with van der Waals surface area (Å²) in [5, 5.41) is 14.6. The summed E-state index contributed by atoms with van der Waals surface area (Å²) in [6.45, 7) is 0. The number of rotatable bonds is 2. The van der Waals surface area contributed by atoms with Crippen molar-refractivity contribution in [2.24, 2.45) is 0 Å². The molecule has 0 aromatic carbocycles. The van der Waals surface area contributed by atoms with Gasteiger partial charge in [0.2, 0.25) is 10.7 Å². The highest BCUT2D eigenvalue weighted by atomic mass is 32.1. The number of nitrogens with zero attached hydrogens (tertiary/aromatic N) is 4. The molecule has 0 spiro atoms. The number of carbonyl (C=O) groups excluding carboxylic acids is 1. The van der Waals surface area contributed by atoms with Crippen LogP contribution in [-0.2, 0) is 4.79 Å². The topological polar surface area (TPSA) is 123 Å². The Balaban J connectivity index is 1.86. The van der Waals surface area contributed by atoms with Crippen LogP contribution in [-0.4, -0.2) is 30.5 Å². The van der Waals surface area contributed by atoms with Crippen LogP contribution in [0.4, 0.5) is 5.82 Å². The molecule has 0 fully saturated rings. The van der Waals surface area contributed by atoms with E-state index >= 15 is 0 Å². The van der Waals surface area contributed by atoms with Gasteiger partial charge in [-0.25, -0.2) is 0 Å². The molecule has 3 aromatic rings. The fraction of sp³-hybridized carbons (Fsp3) is 0. The van der Waals surface area contributed by atoms with Crippen molar-refractivity contribution in [2.45, 2.75) is 0 Å². The first-order chi connectivity index (χ1) is 12.5. The number of nitrogens with two attached hydrogens (primary N) is 1. The third-order valence-electron chi connectivity index (χ3n) is 3.69. The number of allylic oxidation sites excluding steroid dienone is 4. The summed E-state index contributed by atoms with van der Waals surface area (Å²) in [5.41, 5.74) is 6.97. The number of pyridine rings is 1. The average molecular weight is 365 g/mol. The molecule has 128 valence electrons. The van der Waals surface area contributed by atoms with Crippen LogP contribution in [0.15, 0.2) is 58.9 Å². The van der Waals surface area contributed by atoms with E-state index in [9.17, 15) is 14.7 Å². The third kappa shape index (κ3) is 2.70. The maximum absolute atomic E-state index is 12.4. The second-order valence-corrected chi connectivity index (χ2v) is 6.39. The number of hydrogen-bond acceptors (Lipinski definition) is 8. The standard InChI is InChI=1S/C17H11N5O3S/c18-14-11(6-9-3-4-12(23)13(24)7-9)15(25)20-17-22(14)21-16(26-17)10-2-1-5-19-8-10/h1-8,24H,18H2/b9-6-. The fourth-order valence-corrected chi connectivity index (χ4v) is 3.30. The number of aliphatic hydroxyl groups is 1. The summed E-state index contributed by atoms with van der Waals surface area (Å²) < 4.78 is 1.39. The smallest absolute Gasteiger partial charge is 0.283 e. The lowest BCUT2D eigenvalue weighted by Gasteiger charge is -2.05. The molecule has 1 aliphatic rings. The van der Waals surface area contributed by atoms with Crippen molar-refractivity contribution in [3.05, 3.63) is 70.0 Å². The zero-order valence-electron chi connectivity index (χ0n) is 13.2. The van der Waals surface area contributed by atoms with Gasteiger partial charge < -0.3 is 10.8 Å². The van der Waals surface area contributed by atoms with Crippen LogP contribution in [0.25, 0.3) is 21.6 Å². The first kappa shape index (κ1) is 15.9. The fourth-order valence-electron chi connectivity index (χ4n) is 2.41. The summed E-state index contributed by atoms with van der Waals surface area (Å²) in [4.78, 5) is 32.1. The molecular formula is C17H11N5O3S. The molecule has 0 bridgehead atoms. The second kappa shape index (κ2) is 6.05. The molecule has 3 aromatic heterocycles. The Hall–Kier alpha value is -3.59. The van der Waals surface area contributed by atoms with Crippen LogP contribution in [0.3, 0.4) is 0 Å². The summed E-state index contributed by atoms with van der Waals surface area (Å²) in [5.74, 6) is -0.780. The number of anilines is 1. The molecule has 0 radical (unpaired) electrons. The molecule has 0 aliphatic heterocycles. The SMILES string of the molecule is Nc1c(/C=C2/C=CC(=O)C(O)=C2)c(=O)nc2sc(-c3cccnc3)nn12. The van der Waals surface area contributed by atoms with Crippen molar-refractivity contribution in [1.29, 1.82) is 0 Å². The van der Waals surface area contributed by atoms with E-state index in [1.807, 2.05) is 6.07 Å². The molecule has 3 heterocycles. The lowest BCUT2D eigenvalue weighted by Crippen LogP contribution is -2.17. The predicted molar refractivity (Wildman–Crippen MR) is 97.6 cm³/mol. The zero-order valence-corrected chi connectivity index (χ0v) is 14.0. The molecule has 0 amide bonds.